The van der Waals surface area contributed by atoms with Crippen LogP contribution in [0.3, 0.4) is 0 Å². The standard InChI is InChI=1S/C11H12N2O3S/c1-12(11(15)17)6-7-3-4-9-8(5-7)13(2)10(14)16-9/h3-5H,6H2,1-2H3,(H,15,17). The maximum atomic E-state index is 11.3. The number of oxazole rings is 1. The summed E-state index contributed by atoms with van der Waals surface area (Å²) in [5, 5.41) is -0.300. The summed E-state index contributed by atoms with van der Waals surface area (Å²) >= 11 is 3.73. The molecule has 0 saturated heterocycles. The zero-order valence-electron chi connectivity index (χ0n) is 9.51. The zero-order chi connectivity index (χ0) is 12.6. The number of thiol groups is 1. The van der Waals surface area contributed by atoms with Crippen LogP contribution in [0, 0.1) is 0 Å². The van der Waals surface area contributed by atoms with E-state index in [2.05, 4.69) is 12.6 Å². The number of hydrogen-bond acceptors (Lipinski definition) is 3. The highest BCUT2D eigenvalue weighted by atomic mass is 32.1. The molecule has 0 saturated carbocycles. The summed E-state index contributed by atoms with van der Waals surface area (Å²) in [4.78, 5) is 23.8. The fraction of sp³-hybridized carbons (Fsp3) is 0.273. The average Bonchev–Trinajstić information content (AvgIpc) is 2.55. The molecule has 0 spiro atoms. The number of rotatable bonds is 2. The van der Waals surface area contributed by atoms with E-state index in [1.807, 2.05) is 12.1 Å². The van der Waals surface area contributed by atoms with Gasteiger partial charge in [-0.2, -0.15) is 0 Å². The average molecular weight is 252 g/mol. The molecule has 0 N–H and O–H groups in total. The van der Waals surface area contributed by atoms with Crippen LogP contribution in [0.5, 0.6) is 0 Å². The van der Waals surface area contributed by atoms with Gasteiger partial charge in [-0.3, -0.25) is 9.36 Å². The minimum absolute atomic E-state index is 0.300. The zero-order valence-corrected chi connectivity index (χ0v) is 10.4. The van der Waals surface area contributed by atoms with E-state index in [9.17, 15) is 9.59 Å². The summed E-state index contributed by atoms with van der Waals surface area (Å²) in [6.45, 7) is 0.442. The highest BCUT2D eigenvalue weighted by molar-refractivity contribution is 7.96. The van der Waals surface area contributed by atoms with Gasteiger partial charge in [-0.25, -0.2) is 4.79 Å². The minimum Gasteiger partial charge on any atom is -0.408 e. The highest BCUT2D eigenvalue weighted by Crippen LogP contribution is 2.15. The van der Waals surface area contributed by atoms with Gasteiger partial charge in [0.1, 0.15) is 0 Å². The summed E-state index contributed by atoms with van der Waals surface area (Å²) in [5.41, 5.74) is 2.17. The van der Waals surface area contributed by atoms with E-state index in [4.69, 9.17) is 4.42 Å². The van der Waals surface area contributed by atoms with Crippen LogP contribution in [0.1, 0.15) is 5.56 Å². The van der Waals surface area contributed by atoms with E-state index in [-0.39, 0.29) is 5.24 Å². The fourth-order valence-corrected chi connectivity index (χ4v) is 1.68. The van der Waals surface area contributed by atoms with Crippen LogP contribution in [0.4, 0.5) is 4.79 Å². The smallest absolute Gasteiger partial charge is 0.408 e. The number of aromatic nitrogens is 1. The van der Waals surface area contributed by atoms with Gasteiger partial charge in [-0.05, 0) is 17.7 Å². The van der Waals surface area contributed by atoms with Crippen molar-refractivity contribution < 1.29 is 9.21 Å². The van der Waals surface area contributed by atoms with Crippen molar-refractivity contribution in [3.8, 4) is 0 Å². The summed E-state index contributed by atoms with van der Waals surface area (Å²) < 4.78 is 6.45. The first-order valence-electron chi connectivity index (χ1n) is 5.01. The van der Waals surface area contributed by atoms with Gasteiger partial charge in [0.15, 0.2) is 5.58 Å². The molecule has 90 valence electrons. The Morgan fingerprint density at radius 2 is 2.24 bits per heavy atom. The molecule has 6 heteroatoms. The maximum absolute atomic E-state index is 11.3. The molecular weight excluding hydrogens is 240 g/mol. The number of carbonyl (C=O) groups excluding carboxylic acids is 1. The van der Waals surface area contributed by atoms with Gasteiger partial charge in [0.05, 0.1) is 5.52 Å². The SMILES string of the molecule is CN(Cc1ccc2oc(=O)n(C)c2c1)C(=O)S. The van der Waals surface area contributed by atoms with Gasteiger partial charge >= 0.3 is 5.76 Å². The molecule has 0 aliphatic rings. The van der Waals surface area contributed by atoms with Crippen molar-refractivity contribution in [1.29, 1.82) is 0 Å². The molecular formula is C11H12N2O3S. The number of fused-ring (bicyclic) bond motifs is 1. The summed E-state index contributed by atoms with van der Waals surface area (Å²) in [5.74, 6) is -0.393. The van der Waals surface area contributed by atoms with Crippen molar-refractivity contribution in [2.45, 2.75) is 6.54 Å². The minimum atomic E-state index is -0.393. The summed E-state index contributed by atoms with van der Waals surface area (Å²) in [6.07, 6.45) is 0. The molecule has 0 bridgehead atoms. The second-order valence-electron chi connectivity index (χ2n) is 3.87. The van der Waals surface area contributed by atoms with E-state index in [1.165, 1.54) is 9.47 Å². The third-order valence-electron chi connectivity index (χ3n) is 2.60. The molecule has 17 heavy (non-hydrogen) atoms. The number of nitrogens with zero attached hydrogens (tertiary/aromatic N) is 2. The van der Waals surface area contributed by atoms with Gasteiger partial charge in [0.25, 0.3) is 5.24 Å². The van der Waals surface area contributed by atoms with Gasteiger partial charge in [0.2, 0.25) is 0 Å². The van der Waals surface area contributed by atoms with Crippen LogP contribution in [-0.4, -0.2) is 21.8 Å². The number of aryl methyl sites for hydroxylation is 1. The van der Waals surface area contributed by atoms with Crippen molar-refractivity contribution >= 4 is 29.0 Å². The van der Waals surface area contributed by atoms with Crippen LogP contribution < -0.4 is 5.76 Å². The molecule has 0 unspecified atom stereocenters. The van der Waals surface area contributed by atoms with Crippen LogP contribution in [0.25, 0.3) is 11.1 Å². The Balaban J connectivity index is 2.40. The molecule has 1 amide bonds. The van der Waals surface area contributed by atoms with Gasteiger partial charge in [-0.1, -0.05) is 18.7 Å². The first kappa shape index (κ1) is 11.8. The number of hydrogen-bond donors (Lipinski definition) is 1. The van der Waals surface area contributed by atoms with Crippen molar-refractivity contribution in [2.75, 3.05) is 7.05 Å². The molecule has 1 heterocycles. The van der Waals surface area contributed by atoms with Crippen molar-refractivity contribution in [2.24, 2.45) is 7.05 Å². The predicted octanol–water partition coefficient (Wildman–Crippen LogP) is 1.61. The van der Waals surface area contributed by atoms with Crippen LogP contribution in [-0.2, 0) is 13.6 Å². The molecule has 2 rings (SSSR count). The summed E-state index contributed by atoms with van der Waals surface area (Å²) in [6, 6.07) is 5.37. The Hall–Kier alpha value is -1.69. The second-order valence-corrected chi connectivity index (χ2v) is 4.25. The second kappa shape index (κ2) is 4.29. The van der Waals surface area contributed by atoms with Crippen molar-refractivity contribution in [3.63, 3.8) is 0 Å². The van der Waals surface area contributed by atoms with E-state index in [0.717, 1.165) is 5.56 Å². The summed E-state index contributed by atoms with van der Waals surface area (Å²) in [7, 11) is 3.30. The Morgan fingerprint density at radius 3 is 2.88 bits per heavy atom. The van der Waals surface area contributed by atoms with Crippen LogP contribution in [0.15, 0.2) is 27.4 Å². The van der Waals surface area contributed by atoms with Gasteiger partial charge in [0, 0.05) is 20.6 Å². The number of benzene rings is 1. The van der Waals surface area contributed by atoms with E-state index < -0.39 is 5.76 Å². The molecule has 2 aromatic rings. The maximum Gasteiger partial charge on any atom is 0.419 e. The lowest BCUT2D eigenvalue weighted by atomic mass is 10.2. The molecule has 5 nitrogen and oxygen atoms in total. The van der Waals surface area contributed by atoms with Gasteiger partial charge < -0.3 is 9.32 Å². The van der Waals surface area contributed by atoms with E-state index in [0.29, 0.717) is 17.6 Å². The molecule has 0 fully saturated rings. The van der Waals surface area contributed by atoms with Crippen molar-refractivity contribution in [3.05, 3.63) is 34.3 Å². The Kier molecular flexibility index (Phi) is 2.97. The molecule has 1 aromatic carbocycles. The normalized spacial score (nSPS) is 10.8. The predicted molar refractivity (Wildman–Crippen MR) is 67.3 cm³/mol. The first-order valence-corrected chi connectivity index (χ1v) is 5.46. The number of carbonyl (C=O) groups is 1. The monoisotopic (exact) mass is 252 g/mol. The van der Waals surface area contributed by atoms with Crippen LogP contribution in [0.2, 0.25) is 0 Å². The lowest BCUT2D eigenvalue weighted by Crippen LogP contribution is -2.20. The lowest BCUT2D eigenvalue weighted by Gasteiger charge is -2.13. The van der Waals surface area contributed by atoms with E-state index in [1.54, 1.807) is 20.2 Å². The van der Waals surface area contributed by atoms with Gasteiger partial charge in [-0.15, -0.1) is 0 Å². The molecule has 1 aromatic heterocycles. The van der Waals surface area contributed by atoms with Crippen molar-refractivity contribution in [1.82, 2.24) is 9.47 Å². The Morgan fingerprint density at radius 1 is 1.53 bits per heavy atom. The van der Waals surface area contributed by atoms with Crippen LogP contribution >= 0.6 is 12.6 Å². The first-order chi connectivity index (χ1) is 7.99. The Bertz CT molecular complexity index is 629. The third-order valence-corrected chi connectivity index (χ3v) is 2.94. The molecule has 0 aliphatic heterocycles. The third kappa shape index (κ3) is 2.21. The fourth-order valence-electron chi connectivity index (χ4n) is 1.61. The largest absolute Gasteiger partial charge is 0.419 e. The highest BCUT2D eigenvalue weighted by Gasteiger charge is 2.09. The molecule has 0 radical (unpaired) electrons. The topological polar surface area (TPSA) is 55.5 Å². The lowest BCUT2D eigenvalue weighted by molar-refractivity contribution is 0.232. The molecule has 0 aliphatic carbocycles. The Labute approximate surface area is 103 Å². The van der Waals surface area contributed by atoms with E-state index >= 15 is 0 Å². The quantitative estimate of drug-likeness (QED) is 0.826. The molecule has 0 atom stereocenters. The number of amides is 1.